The molecular weight excluding hydrogens is 152 g/mol. The van der Waals surface area contributed by atoms with Gasteiger partial charge in [-0.1, -0.05) is 0 Å². The van der Waals surface area contributed by atoms with Crippen molar-refractivity contribution in [2.45, 2.75) is 37.9 Å². The Morgan fingerprint density at radius 2 is 0.917 bits per heavy atom. The van der Waals surface area contributed by atoms with E-state index in [2.05, 4.69) is 0 Å². The molecule has 0 aromatic carbocycles. The van der Waals surface area contributed by atoms with E-state index in [-0.39, 0.29) is 0 Å². The Kier molecular flexibility index (Phi) is 1.37. The van der Waals surface area contributed by atoms with Crippen LogP contribution in [0.1, 0.15) is 25.7 Å². The molecule has 0 aromatic rings. The fourth-order valence-electron chi connectivity index (χ4n) is 3.78. The lowest BCUT2D eigenvalue weighted by molar-refractivity contribution is -0.190. The first-order valence-corrected chi connectivity index (χ1v) is 5.15. The van der Waals surface area contributed by atoms with Gasteiger partial charge >= 0.3 is 0 Å². The lowest BCUT2D eigenvalue weighted by Gasteiger charge is -2.59. The van der Waals surface area contributed by atoms with Crippen molar-refractivity contribution in [1.82, 2.24) is 0 Å². The number of rotatable bonds is 0. The first-order chi connectivity index (χ1) is 5.79. The van der Waals surface area contributed by atoms with Gasteiger partial charge in [0.15, 0.2) is 0 Å². The molecule has 2 N–H and O–H groups in total. The van der Waals surface area contributed by atoms with Crippen molar-refractivity contribution in [2.75, 3.05) is 0 Å². The summed E-state index contributed by atoms with van der Waals surface area (Å²) in [6.45, 7) is 0. The second-order valence-electron chi connectivity index (χ2n) is 4.79. The minimum atomic E-state index is -0.398. The first-order valence-electron chi connectivity index (χ1n) is 5.15. The van der Waals surface area contributed by atoms with E-state index in [9.17, 15) is 10.2 Å². The van der Waals surface area contributed by atoms with E-state index in [0.717, 1.165) is 24.7 Å². The van der Waals surface area contributed by atoms with Gasteiger partial charge in [-0.05, 0) is 49.4 Å². The van der Waals surface area contributed by atoms with Crippen LogP contribution in [0.25, 0.3) is 0 Å². The first kappa shape index (κ1) is 7.34. The quantitative estimate of drug-likeness (QED) is 0.561. The van der Waals surface area contributed by atoms with Gasteiger partial charge in [0.1, 0.15) is 0 Å². The van der Waals surface area contributed by atoms with E-state index in [1.165, 1.54) is 12.8 Å². The summed E-state index contributed by atoms with van der Waals surface area (Å²) in [5.74, 6) is 2.40. The van der Waals surface area contributed by atoms with Crippen LogP contribution in [0.3, 0.4) is 0 Å². The molecule has 4 fully saturated rings. The van der Waals surface area contributed by atoms with Crippen LogP contribution in [0.4, 0.5) is 0 Å². The smallest absolute Gasteiger partial charge is 0.0832 e. The molecule has 12 heavy (non-hydrogen) atoms. The van der Waals surface area contributed by atoms with Crippen molar-refractivity contribution < 1.29 is 10.2 Å². The molecule has 2 heteroatoms. The molecule has 4 aliphatic carbocycles. The second-order valence-corrected chi connectivity index (χ2v) is 4.79. The minimum Gasteiger partial charge on any atom is -0.390 e. The Bertz CT molecular complexity index is 174. The number of fused-ring (bicyclic) bond motifs is 2. The fourth-order valence-corrected chi connectivity index (χ4v) is 3.78. The van der Waals surface area contributed by atoms with Gasteiger partial charge in [-0.15, -0.1) is 0 Å². The molecule has 2 bridgehead atoms. The van der Waals surface area contributed by atoms with Gasteiger partial charge in [-0.3, -0.25) is 0 Å². The third-order valence-electron chi connectivity index (χ3n) is 4.54. The zero-order valence-corrected chi connectivity index (χ0v) is 7.19. The molecular formula is C10H16O2. The molecule has 0 spiro atoms. The van der Waals surface area contributed by atoms with Crippen LogP contribution in [0.5, 0.6) is 0 Å². The summed E-state index contributed by atoms with van der Waals surface area (Å²) in [4.78, 5) is 0. The van der Waals surface area contributed by atoms with Gasteiger partial charge in [0.05, 0.1) is 12.2 Å². The van der Waals surface area contributed by atoms with E-state index < -0.39 is 12.2 Å². The van der Waals surface area contributed by atoms with Gasteiger partial charge < -0.3 is 10.2 Å². The largest absolute Gasteiger partial charge is 0.390 e. The monoisotopic (exact) mass is 168 g/mol. The Hall–Kier alpha value is -0.0800. The standard InChI is InChI=1S/C10H16O2/c11-9-7-3-4-8(10(9)12)6-2-1-5(6)7/h5-12H,1-4H2/t5-,6+,7-,8+,9-,10+. The third-order valence-corrected chi connectivity index (χ3v) is 4.54. The number of aliphatic hydroxyl groups is 2. The maximum Gasteiger partial charge on any atom is 0.0832 e. The van der Waals surface area contributed by atoms with E-state index >= 15 is 0 Å². The summed E-state index contributed by atoms with van der Waals surface area (Å²) in [6, 6.07) is 0. The molecule has 6 atom stereocenters. The highest BCUT2D eigenvalue weighted by atomic mass is 16.3. The molecule has 2 nitrogen and oxygen atoms in total. The summed E-state index contributed by atoms with van der Waals surface area (Å²) in [5.41, 5.74) is 0. The average Bonchev–Trinajstić information content (AvgIpc) is 2.00. The molecule has 0 aliphatic heterocycles. The predicted molar refractivity (Wildman–Crippen MR) is 44.4 cm³/mol. The molecule has 0 heterocycles. The summed E-state index contributed by atoms with van der Waals surface area (Å²) in [7, 11) is 0. The Labute approximate surface area is 72.6 Å². The minimum absolute atomic E-state index is 0.398. The van der Waals surface area contributed by atoms with Crippen molar-refractivity contribution in [3.63, 3.8) is 0 Å². The van der Waals surface area contributed by atoms with Crippen LogP contribution in [-0.2, 0) is 0 Å². The molecule has 0 aromatic heterocycles. The Morgan fingerprint density at radius 1 is 0.583 bits per heavy atom. The molecule has 4 aliphatic rings. The highest BCUT2D eigenvalue weighted by molar-refractivity contribution is 5.05. The molecule has 0 radical (unpaired) electrons. The lowest BCUT2D eigenvalue weighted by atomic mass is 9.48. The van der Waals surface area contributed by atoms with Gasteiger partial charge in [0, 0.05) is 0 Å². The van der Waals surface area contributed by atoms with Crippen LogP contribution in [0, 0.1) is 23.7 Å². The fraction of sp³-hybridized carbons (Fsp3) is 1.00. The van der Waals surface area contributed by atoms with Crippen LogP contribution >= 0.6 is 0 Å². The number of hydrogen-bond donors (Lipinski definition) is 2. The second kappa shape index (κ2) is 2.24. The van der Waals surface area contributed by atoms with Crippen LogP contribution in [0.15, 0.2) is 0 Å². The van der Waals surface area contributed by atoms with Crippen LogP contribution in [-0.4, -0.2) is 22.4 Å². The highest BCUT2D eigenvalue weighted by Crippen LogP contribution is 2.57. The van der Waals surface area contributed by atoms with Crippen molar-refractivity contribution in [3.05, 3.63) is 0 Å². The zero-order valence-electron chi connectivity index (χ0n) is 7.19. The molecule has 0 amide bonds. The van der Waals surface area contributed by atoms with Crippen molar-refractivity contribution >= 4 is 0 Å². The van der Waals surface area contributed by atoms with Gasteiger partial charge in [-0.2, -0.15) is 0 Å². The van der Waals surface area contributed by atoms with Crippen molar-refractivity contribution in [2.24, 2.45) is 23.7 Å². The third kappa shape index (κ3) is 0.686. The van der Waals surface area contributed by atoms with Crippen LogP contribution < -0.4 is 0 Å². The summed E-state index contributed by atoms with van der Waals surface area (Å²) < 4.78 is 0. The van der Waals surface area contributed by atoms with E-state index in [4.69, 9.17) is 0 Å². The highest BCUT2D eigenvalue weighted by Gasteiger charge is 2.56. The summed E-state index contributed by atoms with van der Waals surface area (Å²) in [5, 5.41) is 19.5. The predicted octanol–water partition coefficient (Wildman–Crippen LogP) is 0.774. The lowest BCUT2D eigenvalue weighted by Crippen LogP contribution is -2.60. The van der Waals surface area contributed by atoms with Crippen molar-refractivity contribution in [3.8, 4) is 0 Å². The summed E-state index contributed by atoms with van der Waals surface area (Å²) in [6.07, 6.45) is 4.12. The molecule has 0 unspecified atom stereocenters. The Morgan fingerprint density at radius 3 is 1.25 bits per heavy atom. The molecule has 68 valence electrons. The molecule has 4 rings (SSSR count). The van der Waals surface area contributed by atoms with Gasteiger partial charge in [-0.25, -0.2) is 0 Å². The maximum absolute atomic E-state index is 9.74. The van der Waals surface area contributed by atoms with Crippen LogP contribution in [0.2, 0.25) is 0 Å². The molecule has 4 saturated carbocycles. The molecule has 0 saturated heterocycles. The van der Waals surface area contributed by atoms with E-state index in [0.29, 0.717) is 11.8 Å². The topological polar surface area (TPSA) is 40.5 Å². The van der Waals surface area contributed by atoms with Gasteiger partial charge in [0.25, 0.3) is 0 Å². The maximum atomic E-state index is 9.74. The number of hydrogen-bond acceptors (Lipinski definition) is 2. The number of aliphatic hydroxyl groups excluding tert-OH is 2. The van der Waals surface area contributed by atoms with E-state index in [1.807, 2.05) is 0 Å². The SMILES string of the molecule is O[C@@H]1[C@H](O)[C@@H]2CC[C@H]1[C@H]1CC[C@H]12. The van der Waals surface area contributed by atoms with E-state index in [1.54, 1.807) is 0 Å². The van der Waals surface area contributed by atoms with Crippen molar-refractivity contribution in [1.29, 1.82) is 0 Å². The van der Waals surface area contributed by atoms with Gasteiger partial charge in [0.2, 0.25) is 0 Å². The Balaban J connectivity index is 1.91. The zero-order chi connectivity index (χ0) is 8.29. The average molecular weight is 168 g/mol. The normalized spacial score (nSPS) is 62.5. The summed E-state index contributed by atoms with van der Waals surface area (Å²) >= 11 is 0.